The van der Waals surface area contributed by atoms with E-state index in [-0.39, 0.29) is 19.0 Å². The lowest BCUT2D eigenvalue weighted by Crippen LogP contribution is -2.49. The molecule has 10 nitrogen and oxygen atoms in total. The number of aromatic nitrogens is 3. The van der Waals surface area contributed by atoms with Gasteiger partial charge in [0.25, 0.3) is 5.91 Å². The molecule has 2 aliphatic rings. The van der Waals surface area contributed by atoms with Gasteiger partial charge in [0.15, 0.2) is 5.82 Å². The van der Waals surface area contributed by atoms with Crippen LogP contribution in [0.1, 0.15) is 37.9 Å². The highest BCUT2D eigenvalue weighted by molar-refractivity contribution is 6.08. The largest absolute Gasteiger partial charge is 0.497 e. The number of carbonyl (C=O) groups excluding carboxylic acids is 3. The summed E-state index contributed by atoms with van der Waals surface area (Å²) in [5.74, 6) is 1.01. The molecule has 1 saturated carbocycles. The lowest BCUT2D eigenvalue weighted by atomic mass is 9.81. The second-order valence-corrected chi connectivity index (χ2v) is 7.94. The fraction of sp³-hybridized carbons (Fsp3) is 0.476. The van der Waals surface area contributed by atoms with Crippen molar-refractivity contribution in [3.05, 3.63) is 30.1 Å². The van der Waals surface area contributed by atoms with Crippen molar-refractivity contribution in [1.82, 2.24) is 30.3 Å². The number of nitrogens with one attached hydrogen (secondary N) is 2. The van der Waals surface area contributed by atoms with Gasteiger partial charge in [-0.1, -0.05) is 19.3 Å². The number of methoxy groups -OCH3 is 1. The molecule has 0 unspecified atom stereocenters. The van der Waals surface area contributed by atoms with Crippen LogP contribution in [-0.2, 0) is 16.1 Å². The summed E-state index contributed by atoms with van der Waals surface area (Å²) in [6.45, 7) is -0.192. The number of aromatic amines is 1. The lowest BCUT2D eigenvalue weighted by molar-refractivity contribution is -0.137. The van der Waals surface area contributed by atoms with E-state index in [2.05, 4.69) is 20.5 Å². The first-order valence-electron chi connectivity index (χ1n) is 10.4. The summed E-state index contributed by atoms with van der Waals surface area (Å²) in [5, 5.41) is 9.65. The molecule has 2 N–H and O–H groups in total. The molecule has 0 radical (unpaired) electrons. The Labute approximate surface area is 180 Å². The molecule has 2 fully saturated rings. The van der Waals surface area contributed by atoms with Crippen molar-refractivity contribution in [2.24, 2.45) is 0 Å². The average molecular weight is 426 g/mol. The molecule has 2 heterocycles. The van der Waals surface area contributed by atoms with Crippen molar-refractivity contribution in [1.29, 1.82) is 0 Å². The molecule has 1 aromatic heterocycles. The number of amides is 4. The number of benzene rings is 1. The predicted molar refractivity (Wildman–Crippen MR) is 111 cm³/mol. The summed E-state index contributed by atoms with van der Waals surface area (Å²) in [6, 6.07) is 6.89. The number of H-pyrrole nitrogens is 1. The lowest BCUT2D eigenvalue weighted by Gasteiger charge is -2.35. The molecule has 0 atom stereocenters. The molecule has 1 saturated heterocycles. The third-order valence-corrected chi connectivity index (χ3v) is 6.12. The quantitative estimate of drug-likeness (QED) is 0.678. The Kier molecular flexibility index (Phi) is 5.62. The van der Waals surface area contributed by atoms with Crippen molar-refractivity contribution >= 4 is 17.8 Å². The normalized spacial score (nSPS) is 18.0. The van der Waals surface area contributed by atoms with E-state index in [0.29, 0.717) is 24.5 Å². The standard InChI is InChI=1S/C21H26N6O4/c1-26-20(30)27(19(29)21(26)10-4-3-5-11-21)13-17(28)22-12-16-23-18(25-24-16)14-6-8-15(31-2)9-7-14/h6-9H,3-5,10-13H2,1-2H3,(H,22,28)(H,23,24,25). The van der Waals surface area contributed by atoms with E-state index in [1.54, 1.807) is 14.2 Å². The highest BCUT2D eigenvalue weighted by Crippen LogP contribution is 2.39. The molecule has 10 heteroatoms. The summed E-state index contributed by atoms with van der Waals surface area (Å²) < 4.78 is 5.14. The molecule has 4 amide bonds. The van der Waals surface area contributed by atoms with Crippen LogP contribution in [-0.4, -0.2) is 69.1 Å². The number of hydrogen-bond donors (Lipinski definition) is 2. The fourth-order valence-electron chi connectivity index (χ4n) is 4.30. The smallest absolute Gasteiger partial charge is 0.327 e. The highest BCUT2D eigenvalue weighted by atomic mass is 16.5. The van der Waals surface area contributed by atoms with Crippen LogP contribution in [0.3, 0.4) is 0 Å². The van der Waals surface area contributed by atoms with Gasteiger partial charge >= 0.3 is 6.03 Å². The first-order chi connectivity index (χ1) is 14.9. The van der Waals surface area contributed by atoms with Crippen molar-refractivity contribution in [3.63, 3.8) is 0 Å². The molecule has 4 rings (SSSR count). The number of carbonyl (C=O) groups is 3. The van der Waals surface area contributed by atoms with Gasteiger partial charge in [0.05, 0.1) is 13.7 Å². The Hall–Kier alpha value is -3.43. The Morgan fingerprint density at radius 2 is 1.90 bits per heavy atom. The van der Waals surface area contributed by atoms with E-state index >= 15 is 0 Å². The van der Waals surface area contributed by atoms with Gasteiger partial charge in [-0.2, -0.15) is 5.10 Å². The summed E-state index contributed by atoms with van der Waals surface area (Å²) in [5.41, 5.74) is 0.0251. The molecular formula is C21H26N6O4. The molecule has 164 valence electrons. The molecule has 31 heavy (non-hydrogen) atoms. The zero-order chi connectivity index (χ0) is 22.0. The van der Waals surface area contributed by atoms with Gasteiger partial charge < -0.3 is 15.0 Å². The van der Waals surface area contributed by atoms with E-state index in [1.807, 2.05) is 24.3 Å². The van der Waals surface area contributed by atoms with Crippen LogP contribution in [0.4, 0.5) is 4.79 Å². The van der Waals surface area contributed by atoms with Gasteiger partial charge in [-0.15, -0.1) is 0 Å². The number of urea groups is 1. The van der Waals surface area contributed by atoms with Crippen LogP contribution in [0.15, 0.2) is 24.3 Å². The first-order valence-corrected chi connectivity index (χ1v) is 10.4. The monoisotopic (exact) mass is 426 g/mol. The zero-order valence-electron chi connectivity index (χ0n) is 17.7. The van der Waals surface area contributed by atoms with Crippen molar-refractivity contribution in [2.45, 2.75) is 44.2 Å². The van der Waals surface area contributed by atoms with Crippen LogP contribution in [0.5, 0.6) is 5.75 Å². The van der Waals surface area contributed by atoms with Crippen LogP contribution in [0.25, 0.3) is 11.4 Å². The van der Waals surface area contributed by atoms with Crippen LogP contribution >= 0.6 is 0 Å². The maximum atomic E-state index is 13.0. The first kappa shape index (κ1) is 20.8. The van der Waals surface area contributed by atoms with Crippen LogP contribution < -0.4 is 10.1 Å². The van der Waals surface area contributed by atoms with E-state index < -0.39 is 17.5 Å². The summed E-state index contributed by atoms with van der Waals surface area (Å²) >= 11 is 0. The Balaban J connectivity index is 1.35. The van der Waals surface area contributed by atoms with Gasteiger partial charge in [-0.3, -0.25) is 19.6 Å². The van der Waals surface area contributed by atoms with E-state index in [4.69, 9.17) is 4.74 Å². The van der Waals surface area contributed by atoms with Gasteiger partial charge in [0.1, 0.15) is 23.7 Å². The number of imide groups is 1. The second kappa shape index (κ2) is 8.37. The SMILES string of the molecule is COc1ccc(-c2n[nH]c(CNC(=O)CN3C(=O)N(C)C4(CCCCC4)C3=O)n2)cc1. The van der Waals surface area contributed by atoms with E-state index in [9.17, 15) is 14.4 Å². The van der Waals surface area contributed by atoms with E-state index in [0.717, 1.165) is 35.5 Å². The topological polar surface area (TPSA) is 121 Å². The Bertz CT molecular complexity index is 980. The molecule has 1 spiro atoms. The minimum Gasteiger partial charge on any atom is -0.497 e. The van der Waals surface area contributed by atoms with E-state index in [1.165, 1.54) is 4.90 Å². The number of rotatable bonds is 6. The van der Waals surface area contributed by atoms with Crippen molar-refractivity contribution < 1.29 is 19.1 Å². The third-order valence-electron chi connectivity index (χ3n) is 6.12. The Morgan fingerprint density at radius 1 is 1.19 bits per heavy atom. The summed E-state index contributed by atoms with van der Waals surface area (Å²) in [7, 11) is 3.25. The van der Waals surface area contributed by atoms with Crippen LogP contribution in [0.2, 0.25) is 0 Å². The Morgan fingerprint density at radius 3 is 2.58 bits per heavy atom. The minimum atomic E-state index is -0.784. The minimum absolute atomic E-state index is 0.110. The average Bonchev–Trinajstić information content (AvgIpc) is 3.34. The maximum Gasteiger partial charge on any atom is 0.327 e. The predicted octanol–water partition coefficient (Wildman–Crippen LogP) is 1.69. The van der Waals surface area contributed by atoms with Crippen molar-refractivity contribution in [2.75, 3.05) is 20.7 Å². The molecule has 1 aliphatic heterocycles. The molecular weight excluding hydrogens is 400 g/mol. The number of nitrogens with zero attached hydrogens (tertiary/aromatic N) is 4. The van der Waals surface area contributed by atoms with Gasteiger partial charge in [-0.05, 0) is 37.1 Å². The molecule has 1 aliphatic carbocycles. The van der Waals surface area contributed by atoms with Gasteiger partial charge in [0.2, 0.25) is 5.91 Å². The van der Waals surface area contributed by atoms with Crippen molar-refractivity contribution in [3.8, 4) is 17.1 Å². The second-order valence-electron chi connectivity index (χ2n) is 7.94. The third kappa shape index (κ3) is 3.85. The summed E-state index contributed by atoms with van der Waals surface area (Å²) in [4.78, 5) is 45.0. The highest BCUT2D eigenvalue weighted by Gasteiger charge is 2.55. The molecule has 2 aromatic rings. The molecule has 0 bridgehead atoms. The van der Waals surface area contributed by atoms with Crippen LogP contribution in [0, 0.1) is 0 Å². The van der Waals surface area contributed by atoms with Gasteiger partial charge in [0, 0.05) is 12.6 Å². The summed E-state index contributed by atoms with van der Waals surface area (Å²) in [6.07, 6.45) is 4.18. The molecule has 1 aromatic carbocycles. The number of ether oxygens (including phenoxy) is 1. The van der Waals surface area contributed by atoms with Gasteiger partial charge in [-0.25, -0.2) is 9.78 Å². The zero-order valence-corrected chi connectivity index (χ0v) is 17.7. The number of hydrogen-bond acceptors (Lipinski definition) is 6. The number of likely N-dealkylation sites (N-methyl/N-ethyl adjacent to an activating group) is 1. The maximum absolute atomic E-state index is 13.0. The fourth-order valence-corrected chi connectivity index (χ4v) is 4.30.